The lowest BCUT2D eigenvalue weighted by Crippen LogP contribution is -1.86. The topological polar surface area (TPSA) is 29.1 Å². The quantitative estimate of drug-likeness (QED) is 0.808. The zero-order chi connectivity index (χ0) is 13.4. The first-order valence-corrected chi connectivity index (χ1v) is 5.96. The number of anilines is 1. The van der Waals surface area contributed by atoms with Crippen LogP contribution in [-0.2, 0) is 4.79 Å². The Labute approximate surface area is 109 Å². The maximum Gasteiger partial charge on any atom is 0.116 e. The summed E-state index contributed by atoms with van der Waals surface area (Å²) in [5, 5.41) is 3.11. The van der Waals surface area contributed by atoms with E-state index in [-0.39, 0.29) is 0 Å². The van der Waals surface area contributed by atoms with Gasteiger partial charge in [0.25, 0.3) is 0 Å². The van der Waals surface area contributed by atoms with Gasteiger partial charge in [-0.05, 0) is 37.1 Å². The molecular formula is C16H19NO. The molecule has 0 spiro atoms. The third-order valence-electron chi connectivity index (χ3n) is 2.56. The molecule has 0 radical (unpaired) electrons. The van der Waals surface area contributed by atoms with Gasteiger partial charge in [-0.2, -0.15) is 0 Å². The first-order valence-electron chi connectivity index (χ1n) is 5.96. The van der Waals surface area contributed by atoms with E-state index in [0.29, 0.717) is 0 Å². The zero-order valence-corrected chi connectivity index (χ0v) is 11.1. The summed E-state index contributed by atoms with van der Waals surface area (Å²) in [5.41, 5.74) is 4.97. The Morgan fingerprint density at radius 1 is 0.889 bits per heavy atom. The number of benzene rings is 2. The third kappa shape index (κ3) is 4.06. The van der Waals surface area contributed by atoms with Gasteiger partial charge in [0.2, 0.25) is 0 Å². The molecule has 0 fully saturated rings. The molecule has 0 aliphatic rings. The van der Waals surface area contributed by atoms with Crippen molar-refractivity contribution in [2.45, 2.75) is 13.8 Å². The molecule has 0 atom stereocenters. The molecule has 94 valence electrons. The largest absolute Gasteiger partial charge is 0.388 e. The summed E-state index contributed by atoms with van der Waals surface area (Å²) in [6.45, 7) is 3.55. The number of nitrogens with one attached hydrogen (secondary N) is 1. The molecule has 2 nitrogen and oxygen atoms in total. The number of hydrogen-bond donors (Lipinski definition) is 1. The lowest BCUT2D eigenvalue weighted by molar-refractivity contribution is -0.106. The molecule has 0 bridgehead atoms. The van der Waals surface area contributed by atoms with Crippen molar-refractivity contribution >= 4 is 12.0 Å². The molecule has 0 aliphatic carbocycles. The van der Waals surface area contributed by atoms with E-state index in [9.17, 15) is 0 Å². The van der Waals surface area contributed by atoms with Crippen LogP contribution in [0.3, 0.4) is 0 Å². The summed E-state index contributed by atoms with van der Waals surface area (Å²) in [5.74, 6) is 0. The fourth-order valence-corrected chi connectivity index (χ4v) is 1.58. The minimum atomic E-state index is 0.750. The molecule has 2 heteroatoms. The van der Waals surface area contributed by atoms with Gasteiger partial charge in [0.1, 0.15) is 6.29 Å². The van der Waals surface area contributed by atoms with E-state index in [0.717, 1.165) is 12.0 Å². The first-order chi connectivity index (χ1) is 8.71. The van der Waals surface area contributed by atoms with Crippen LogP contribution in [0.1, 0.15) is 12.5 Å². The highest BCUT2D eigenvalue weighted by Gasteiger charge is 1.96. The van der Waals surface area contributed by atoms with Crippen LogP contribution in [-0.4, -0.2) is 13.3 Å². The highest BCUT2D eigenvalue weighted by molar-refractivity contribution is 5.66. The monoisotopic (exact) mass is 241 g/mol. The van der Waals surface area contributed by atoms with Gasteiger partial charge in [-0.1, -0.05) is 42.0 Å². The highest BCUT2D eigenvalue weighted by atomic mass is 16.1. The maximum absolute atomic E-state index is 8.81. The van der Waals surface area contributed by atoms with Crippen LogP contribution in [0.5, 0.6) is 0 Å². The lowest BCUT2D eigenvalue weighted by Gasteiger charge is -2.04. The summed E-state index contributed by atoms with van der Waals surface area (Å²) < 4.78 is 0. The summed E-state index contributed by atoms with van der Waals surface area (Å²) in [6.07, 6.45) is 0.750. The molecule has 1 N–H and O–H groups in total. The number of carbonyl (C=O) groups is 1. The predicted molar refractivity (Wildman–Crippen MR) is 77.9 cm³/mol. The second-order valence-corrected chi connectivity index (χ2v) is 3.93. The molecule has 0 aliphatic heterocycles. The van der Waals surface area contributed by atoms with Gasteiger partial charge in [0.05, 0.1) is 0 Å². The molecule has 0 amide bonds. The van der Waals surface area contributed by atoms with Crippen LogP contribution in [0.4, 0.5) is 5.69 Å². The molecule has 18 heavy (non-hydrogen) atoms. The van der Waals surface area contributed by atoms with Crippen LogP contribution in [0.25, 0.3) is 11.1 Å². The van der Waals surface area contributed by atoms with Crippen molar-refractivity contribution in [2.24, 2.45) is 0 Å². The normalized spacial score (nSPS) is 9.06. The molecule has 2 aromatic carbocycles. The average molecular weight is 241 g/mol. The fourth-order valence-electron chi connectivity index (χ4n) is 1.58. The smallest absolute Gasteiger partial charge is 0.116 e. The van der Waals surface area contributed by atoms with Crippen molar-refractivity contribution < 1.29 is 4.79 Å². The number of carbonyl (C=O) groups excluding carboxylic acids is 1. The minimum Gasteiger partial charge on any atom is -0.388 e. The Kier molecular flexibility index (Phi) is 5.65. The van der Waals surface area contributed by atoms with Crippen LogP contribution in [0, 0.1) is 6.92 Å². The Balaban J connectivity index is 0.000000492. The van der Waals surface area contributed by atoms with E-state index in [1.807, 2.05) is 7.05 Å². The molecule has 0 heterocycles. The van der Waals surface area contributed by atoms with E-state index in [2.05, 4.69) is 60.8 Å². The molecular weight excluding hydrogens is 222 g/mol. The summed E-state index contributed by atoms with van der Waals surface area (Å²) >= 11 is 0. The van der Waals surface area contributed by atoms with Gasteiger partial charge < -0.3 is 10.1 Å². The van der Waals surface area contributed by atoms with Gasteiger partial charge in [-0.15, -0.1) is 0 Å². The number of rotatable bonds is 2. The average Bonchev–Trinajstić information content (AvgIpc) is 2.41. The van der Waals surface area contributed by atoms with Crippen LogP contribution >= 0.6 is 0 Å². The minimum absolute atomic E-state index is 0.750. The number of aldehydes is 1. The summed E-state index contributed by atoms with van der Waals surface area (Å²) in [6, 6.07) is 17.0. The van der Waals surface area contributed by atoms with E-state index in [1.54, 1.807) is 0 Å². The standard InChI is InChI=1S/C14H15N.C2H4O/c1-11-3-5-12(6-4-11)13-7-9-14(15-2)10-8-13;1-2-3/h3-10,15H,1-2H3;2H,1H3. The molecule has 0 unspecified atom stereocenters. The lowest BCUT2D eigenvalue weighted by atomic mass is 10.0. The second-order valence-electron chi connectivity index (χ2n) is 3.93. The second kappa shape index (κ2) is 7.28. The van der Waals surface area contributed by atoms with Crippen LogP contribution in [0.15, 0.2) is 48.5 Å². The van der Waals surface area contributed by atoms with Crippen LogP contribution < -0.4 is 5.32 Å². The van der Waals surface area contributed by atoms with Gasteiger partial charge in [-0.3, -0.25) is 0 Å². The Hall–Kier alpha value is -2.09. The Bertz CT molecular complexity index is 471. The van der Waals surface area contributed by atoms with Gasteiger partial charge in [-0.25, -0.2) is 0 Å². The third-order valence-corrected chi connectivity index (χ3v) is 2.56. The summed E-state index contributed by atoms with van der Waals surface area (Å²) in [4.78, 5) is 8.81. The van der Waals surface area contributed by atoms with Crippen LogP contribution in [0.2, 0.25) is 0 Å². The van der Waals surface area contributed by atoms with Crippen molar-refractivity contribution in [1.29, 1.82) is 0 Å². The maximum atomic E-state index is 8.81. The van der Waals surface area contributed by atoms with Crippen molar-refractivity contribution in [3.63, 3.8) is 0 Å². The predicted octanol–water partition coefficient (Wildman–Crippen LogP) is 3.91. The SMILES string of the molecule is CC=O.CNc1ccc(-c2ccc(C)cc2)cc1. The zero-order valence-electron chi connectivity index (χ0n) is 11.1. The van der Waals surface area contributed by atoms with E-state index in [4.69, 9.17) is 4.79 Å². The van der Waals surface area contributed by atoms with Crippen molar-refractivity contribution in [2.75, 3.05) is 12.4 Å². The fraction of sp³-hybridized carbons (Fsp3) is 0.188. The van der Waals surface area contributed by atoms with Gasteiger partial charge >= 0.3 is 0 Å². The van der Waals surface area contributed by atoms with E-state index >= 15 is 0 Å². The molecule has 0 saturated heterocycles. The molecule has 2 aromatic rings. The first kappa shape index (κ1) is 14.0. The number of aryl methyl sites for hydroxylation is 1. The molecule has 0 saturated carbocycles. The number of hydrogen-bond acceptors (Lipinski definition) is 2. The molecule has 0 aromatic heterocycles. The van der Waals surface area contributed by atoms with E-state index < -0.39 is 0 Å². The van der Waals surface area contributed by atoms with Crippen molar-refractivity contribution in [1.82, 2.24) is 0 Å². The van der Waals surface area contributed by atoms with Crippen molar-refractivity contribution in [3.8, 4) is 11.1 Å². The molecule has 2 rings (SSSR count). The Morgan fingerprint density at radius 2 is 1.28 bits per heavy atom. The van der Waals surface area contributed by atoms with Crippen molar-refractivity contribution in [3.05, 3.63) is 54.1 Å². The highest BCUT2D eigenvalue weighted by Crippen LogP contribution is 2.21. The van der Waals surface area contributed by atoms with Gasteiger partial charge in [0.15, 0.2) is 0 Å². The Morgan fingerprint density at radius 3 is 1.67 bits per heavy atom. The van der Waals surface area contributed by atoms with E-state index in [1.165, 1.54) is 23.6 Å². The van der Waals surface area contributed by atoms with Gasteiger partial charge in [0, 0.05) is 12.7 Å². The summed E-state index contributed by atoms with van der Waals surface area (Å²) in [7, 11) is 1.93.